The van der Waals surface area contributed by atoms with E-state index in [1.165, 1.54) is 5.56 Å². The first-order valence-electron chi connectivity index (χ1n) is 5.87. The van der Waals surface area contributed by atoms with E-state index in [2.05, 4.69) is 31.2 Å². The van der Waals surface area contributed by atoms with E-state index in [-0.39, 0.29) is 0 Å². The highest BCUT2D eigenvalue weighted by Crippen LogP contribution is 2.10. The van der Waals surface area contributed by atoms with Crippen LogP contribution in [-0.4, -0.2) is 30.1 Å². The van der Waals surface area contributed by atoms with Crippen molar-refractivity contribution in [3.05, 3.63) is 35.9 Å². The lowest BCUT2D eigenvalue weighted by Gasteiger charge is -2.22. The predicted octanol–water partition coefficient (Wildman–Crippen LogP) is 3.13. The van der Waals surface area contributed by atoms with Crippen molar-refractivity contribution in [1.29, 1.82) is 0 Å². The maximum absolute atomic E-state index is 5.08. The molecule has 0 aliphatic carbocycles. The molecule has 0 unspecified atom stereocenters. The van der Waals surface area contributed by atoms with Crippen molar-refractivity contribution in [2.45, 2.75) is 26.3 Å². The SMILES string of the molecule is CC[Si](OC)(OC)OC.CCc1ccccc1. The van der Waals surface area contributed by atoms with Crippen LogP contribution in [0, 0.1) is 0 Å². The number of benzene rings is 1. The smallest absolute Gasteiger partial charge is 0.377 e. The van der Waals surface area contributed by atoms with E-state index in [0.717, 1.165) is 12.5 Å². The molecule has 0 radical (unpaired) electrons. The van der Waals surface area contributed by atoms with E-state index >= 15 is 0 Å². The lowest BCUT2D eigenvalue weighted by molar-refractivity contribution is 0.125. The van der Waals surface area contributed by atoms with E-state index in [9.17, 15) is 0 Å². The molecule has 0 amide bonds. The third-order valence-electron chi connectivity index (χ3n) is 2.62. The van der Waals surface area contributed by atoms with Gasteiger partial charge in [0.05, 0.1) is 0 Å². The van der Waals surface area contributed by atoms with Crippen LogP contribution in [0.4, 0.5) is 0 Å². The summed E-state index contributed by atoms with van der Waals surface area (Å²) < 4.78 is 15.2. The fourth-order valence-corrected chi connectivity index (χ4v) is 2.76. The zero-order valence-electron chi connectivity index (χ0n) is 11.5. The summed E-state index contributed by atoms with van der Waals surface area (Å²) in [5.41, 5.74) is 1.41. The second kappa shape index (κ2) is 9.36. The number of aryl methyl sites for hydroxylation is 1. The Morgan fingerprint density at radius 1 is 0.882 bits per heavy atom. The van der Waals surface area contributed by atoms with Crippen LogP contribution in [0.1, 0.15) is 19.4 Å². The van der Waals surface area contributed by atoms with Gasteiger partial charge in [-0.1, -0.05) is 44.2 Å². The Labute approximate surface area is 106 Å². The van der Waals surface area contributed by atoms with E-state index < -0.39 is 8.80 Å². The van der Waals surface area contributed by atoms with Gasteiger partial charge >= 0.3 is 8.80 Å². The molecule has 0 bridgehead atoms. The normalized spacial score (nSPS) is 10.6. The topological polar surface area (TPSA) is 27.7 Å². The van der Waals surface area contributed by atoms with Gasteiger partial charge in [-0.15, -0.1) is 0 Å². The van der Waals surface area contributed by atoms with Gasteiger partial charge in [0.2, 0.25) is 0 Å². The predicted molar refractivity (Wildman–Crippen MR) is 73.1 cm³/mol. The van der Waals surface area contributed by atoms with Crippen LogP contribution in [0.25, 0.3) is 0 Å². The van der Waals surface area contributed by atoms with Gasteiger partial charge in [0.1, 0.15) is 0 Å². The fraction of sp³-hybridized carbons (Fsp3) is 0.538. The first kappa shape index (κ1) is 16.3. The second-order valence-corrected chi connectivity index (χ2v) is 6.79. The molecule has 0 heterocycles. The van der Waals surface area contributed by atoms with Gasteiger partial charge in [0.25, 0.3) is 0 Å². The Balaban J connectivity index is 0.000000302. The maximum Gasteiger partial charge on any atom is 0.499 e. The van der Waals surface area contributed by atoms with Crippen LogP contribution in [0.15, 0.2) is 30.3 Å². The van der Waals surface area contributed by atoms with Crippen LogP contribution in [-0.2, 0) is 19.7 Å². The molecular weight excluding hydrogens is 232 g/mol. The van der Waals surface area contributed by atoms with Gasteiger partial charge in [0, 0.05) is 27.4 Å². The average molecular weight is 256 g/mol. The molecule has 0 saturated heterocycles. The molecule has 0 atom stereocenters. The van der Waals surface area contributed by atoms with Crippen LogP contribution in [0.5, 0.6) is 0 Å². The van der Waals surface area contributed by atoms with Crippen molar-refractivity contribution in [2.24, 2.45) is 0 Å². The first-order valence-corrected chi connectivity index (χ1v) is 7.80. The van der Waals surface area contributed by atoms with Crippen molar-refractivity contribution in [3.63, 3.8) is 0 Å². The number of rotatable bonds is 5. The first-order chi connectivity index (χ1) is 8.17. The second-order valence-electron chi connectivity index (χ2n) is 3.49. The highest BCUT2D eigenvalue weighted by molar-refractivity contribution is 6.60. The minimum atomic E-state index is -2.19. The molecule has 1 rings (SSSR count). The maximum atomic E-state index is 5.08. The minimum Gasteiger partial charge on any atom is -0.377 e. The summed E-state index contributed by atoms with van der Waals surface area (Å²) in [6, 6.07) is 11.3. The summed E-state index contributed by atoms with van der Waals surface area (Å²) in [5.74, 6) is 0. The molecular formula is C13H24O3Si. The minimum absolute atomic E-state index is 0.816. The van der Waals surface area contributed by atoms with E-state index in [1.807, 2.05) is 13.0 Å². The van der Waals surface area contributed by atoms with Crippen molar-refractivity contribution in [3.8, 4) is 0 Å². The molecule has 0 aliphatic rings. The molecule has 0 aliphatic heterocycles. The Morgan fingerprint density at radius 2 is 1.35 bits per heavy atom. The Bertz CT molecular complexity index is 256. The highest BCUT2D eigenvalue weighted by Gasteiger charge is 2.34. The quantitative estimate of drug-likeness (QED) is 0.758. The van der Waals surface area contributed by atoms with Gasteiger partial charge in [-0.2, -0.15) is 0 Å². The third kappa shape index (κ3) is 5.98. The van der Waals surface area contributed by atoms with Crippen LogP contribution >= 0.6 is 0 Å². The van der Waals surface area contributed by atoms with Crippen molar-refractivity contribution < 1.29 is 13.3 Å². The van der Waals surface area contributed by atoms with E-state index in [0.29, 0.717) is 0 Å². The Kier molecular flexibility index (Phi) is 8.98. The molecule has 1 aromatic rings. The highest BCUT2D eigenvalue weighted by atomic mass is 28.4. The van der Waals surface area contributed by atoms with Gasteiger partial charge in [-0.05, 0) is 12.0 Å². The summed E-state index contributed by atoms with van der Waals surface area (Å²) in [7, 11) is 2.65. The molecule has 0 N–H and O–H groups in total. The molecule has 3 nitrogen and oxygen atoms in total. The van der Waals surface area contributed by atoms with Crippen molar-refractivity contribution >= 4 is 8.80 Å². The standard InChI is InChI=1S/C8H10.C5H14O3Si/c1-2-8-6-4-3-5-7-8;1-5-9(6-2,7-3)8-4/h3-7H,2H2,1H3;5H2,1-4H3. The van der Waals surface area contributed by atoms with Gasteiger partial charge in [-0.25, -0.2) is 0 Å². The number of hydrogen-bond donors (Lipinski definition) is 0. The molecule has 0 fully saturated rings. The fourth-order valence-electron chi connectivity index (χ4n) is 1.40. The monoisotopic (exact) mass is 256 g/mol. The molecule has 1 aromatic carbocycles. The summed E-state index contributed by atoms with van der Waals surface area (Å²) in [4.78, 5) is 0. The number of hydrogen-bond acceptors (Lipinski definition) is 3. The van der Waals surface area contributed by atoms with E-state index in [4.69, 9.17) is 13.3 Å². The summed E-state index contributed by atoms with van der Waals surface area (Å²) >= 11 is 0. The Hall–Kier alpha value is -0.683. The molecule has 4 heteroatoms. The molecule has 0 saturated carbocycles. The van der Waals surface area contributed by atoms with Gasteiger partial charge in [0.15, 0.2) is 0 Å². The van der Waals surface area contributed by atoms with Crippen LogP contribution in [0.3, 0.4) is 0 Å². The average Bonchev–Trinajstić information content (AvgIpc) is 2.44. The lowest BCUT2D eigenvalue weighted by Crippen LogP contribution is -2.41. The van der Waals surface area contributed by atoms with E-state index in [1.54, 1.807) is 21.3 Å². The molecule has 17 heavy (non-hydrogen) atoms. The van der Waals surface area contributed by atoms with Crippen molar-refractivity contribution in [2.75, 3.05) is 21.3 Å². The third-order valence-corrected chi connectivity index (χ3v) is 5.35. The molecule has 0 aromatic heterocycles. The largest absolute Gasteiger partial charge is 0.499 e. The zero-order valence-corrected chi connectivity index (χ0v) is 12.5. The summed E-state index contributed by atoms with van der Waals surface area (Å²) in [5, 5.41) is 0. The molecule has 98 valence electrons. The van der Waals surface area contributed by atoms with Gasteiger partial charge < -0.3 is 13.3 Å². The lowest BCUT2D eigenvalue weighted by atomic mass is 10.2. The van der Waals surface area contributed by atoms with Gasteiger partial charge in [-0.3, -0.25) is 0 Å². The van der Waals surface area contributed by atoms with Crippen molar-refractivity contribution in [1.82, 2.24) is 0 Å². The molecule has 0 spiro atoms. The zero-order chi connectivity index (χ0) is 13.1. The Morgan fingerprint density at radius 3 is 1.53 bits per heavy atom. The summed E-state index contributed by atoms with van der Waals surface area (Å²) in [6.45, 7) is 4.15. The van der Waals surface area contributed by atoms with Crippen LogP contribution < -0.4 is 0 Å². The van der Waals surface area contributed by atoms with Crippen LogP contribution in [0.2, 0.25) is 6.04 Å². The summed E-state index contributed by atoms with van der Waals surface area (Å²) in [6.07, 6.45) is 1.14.